The first kappa shape index (κ1) is 27.0. The summed E-state index contributed by atoms with van der Waals surface area (Å²) in [6.07, 6.45) is -8.13. The first-order chi connectivity index (χ1) is 17.2. The first-order valence-corrected chi connectivity index (χ1v) is 11.8. The molecule has 1 saturated heterocycles. The summed E-state index contributed by atoms with van der Waals surface area (Å²) in [5, 5.41) is 12.8. The number of rotatable bonds is 4. The minimum Gasteiger partial charge on any atom is -0.387 e. The van der Waals surface area contributed by atoms with Gasteiger partial charge in [0.15, 0.2) is 0 Å². The highest BCUT2D eigenvalue weighted by Crippen LogP contribution is 2.51. The lowest BCUT2D eigenvalue weighted by molar-refractivity contribution is -0.255. The summed E-state index contributed by atoms with van der Waals surface area (Å²) in [6.45, 7) is -0.685. The smallest absolute Gasteiger partial charge is 0.387 e. The van der Waals surface area contributed by atoms with Gasteiger partial charge in [-0.2, -0.15) is 26.3 Å². The number of urea groups is 1. The number of alkyl halides is 6. The Morgan fingerprint density at radius 1 is 1.05 bits per heavy atom. The summed E-state index contributed by atoms with van der Waals surface area (Å²) < 4.78 is 78.9. The van der Waals surface area contributed by atoms with Gasteiger partial charge >= 0.3 is 18.4 Å². The average molecular weight is 532 g/mol. The van der Waals surface area contributed by atoms with E-state index in [4.69, 9.17) is 0 Å². The van der Waals surface area contributed by atoms with Crippen LogP contribution in [0.4, 0.5) is 31.1 Å². The van der Waals surface area contributed by atoms with Gasteiger partial charge in [0.1, 0.15) is 0 Å². The van der Waals surface area contributed by atoms with Crippen LogP contribution in [0.1, 0.15) is 32.1 Å². The third kappa shape index (κ3) is 5.46. The van der Waals surface area contributed by atoms with Gasteiger partial charge in [-0.05, 0) is 19.3 Å². The Morgan fingerprint density at radius 2 is 1.68 bits per heavy atom. The maximum atomic E-state index is 12.9. The maximum absolute atomic E-state index is 12.9. The SMILES string of the molecule is O=C(NC(C(F)(F)F)C(F)(F)F)N1CCC(O)(Cn2cnc(-c3ccccc3)cc2=O)C2(CCCC2)C1. The van der Waals surface area contributed by atoms with E-state index < -0.39 is 41.0 Å². The van der Waals surface area contributed by atoms with E-state index in [1.54, 1.807) is 24.3 Å². The molecule has 2 aliphatic rings. The van der Waals surface area contributed by atoms with Crippen LogP contribution in [0.5, 0.6) is 0 Å². The van der Waals surface area contributed by atoms with Crippen LogP contribution in [0, 0.1) is 5.41 Å². The Bertz CT molecular complexity index is 1160. The Labute approximate surface area is 208 Å². The van der Waals surface area contributed by atoms with Crippen LogP contribution >= 0.6 is 0 Å². The van der Waals surface area contributed by atoms with E-state index in [2.05, 4.69) is 4.98 Å². The predicted octanol–water partition coefficient (Wildman–Crippen LogP) is 4.11. The van der Waals surface area contributed by atoms with Crippen molar-refractivity contribution in [2.75, 3.05) is 13.1 Å². The zero-order chi connectivity index (χ0) is 27.1. The lowest BCUT2D eigenvalue weighted by atomic mass is 9.66. The van der Waals surface area contributed by atoms with Gasteiger partial charge in [0.25, 0.3) is 5.56 Å². The highest BCUT2D eigenvalue weighted by Gasteiger charge is 2.59. The van der Waals surface area contributed by atoms with E-state index in [9.17, 15) is 41.0 Å². The minimum atomic E-state index is -5.71. The van der Waals surface area contributed by atoms with Gasteiger partial charge in [-0.15, -0.1) is 0 Å². The molecule has 2 fully saturated rings. The number of hydrogen-bond donors (Lipinski definition) is 2. The number of likely N-dealkylation sites (tertiary alicyclic amines) is 1. The monoisotopic (exact) mass is 532 g/mol. The third-order valence-electron chi connectivity index (χ3n) is 7.43. The van der Waals surface area contributed by atoms with Crippen molar-refractivity contribution in [1.82, 2.24) is 19.8 Å². The fourth-order valence-electron chi connectivity index (χ4n) is 5.43. The summed E-state index contributed by atoms with van der Waals surface area (Å²) in [7, 11) is 0. The van der Waals surface area contributed by atoms with E-state index in [0.29, 0.717) is 31.4 Å². The van der Waals surface area contributed by atoms with Crippen molar-refractivity contribution >= 4 is 6.03 Å². The molecule has 1 unspecified atom stereocenters. The molecule has 7 nitrogen and oxygen atoms in total. The molecule has 202 valence electrons. The molecule has 2 heterocycles. The average Bonchev–Trinajstić information content (AvgIpc) is 3.30. The molecule has 4 rings (SSSR count). The number of amides is 2. The number of nitrogens with zero attached hydrogens (tertiary/aromatic N) is 3. The summed E-state index contributed by atoms with van der Waals surface area (Å²) in [5.41, 5.74) is -1.76. The standard InChI is InChI=1S/C24H26F6N4O3/c25-23(26,27)19(24(28,29)30)32-20(36)33-11-10-22(37,21(13-33)8-4-5-9-21)14-34-15-31-17(12-18(34)35)16-6-2-1-3-7-16/h1-3,6-7,12,15,19,37H,4-5,8-11,13-14H2,(H,32,36). The van der Waals surface area contributed by atoms with Gasteiger partial charge in [-0.1, -0.05) is 43.2 Å². The van der Waals surface area contributed by atoms with E-state index in [-0.39, 0.29) is 26.1 Å². The summed E-state index contributed by atoms with van der Waals surface area (Å²) >= 11 is 0. The van der Waals surface area contributed by atoms with Gasteiger partial charge in [-0.3, -0.25) is 9.36 Å². The molecular formula is C24H26F6N4O3. The molecule has 1 aliphatic heterocycles. The predicted molar refractivity (Wildman–Crippen MR) is 120 cm³/mol. The lowest BCUT2D eigenvalue weighted by Gasteiger charge is -2.52. The fourth-order valence-corrected chi connectivity index (χ4v) is 5.43. The van der Waals surface area contributed by atoms with Crippen molar-refractivity contribution in [2.45, 2.75) is 62.6 Å². The molecule has 1 aromatic carbocycles. The van der Waals surface area contributed by atoms with Crippen molar-refractivity contribution in [3.63, 3.8) is 0 Å². The Morgan fingerprint density at radius 3 is 2.24 bits per heavy atom. The van der Waals surface area contributed by atoms with Crippen molar-refractivity contribution in [3.05, 3.63) is 53.1 Å². The first-order valence-electron chi connectivity index (χ1n) is 11.8. The molecule has 13 heteroatoms. The van der Waals surface area contributed by atoms with Crippen LogP contribution in [0.3, 0.4) is 0 Å². The summed E-state index contributed by atoms with van der Waals surface area (Å²) in [4.78, 5) is 30.5. The lowest BCUT2D eigenvalue weighted by Crippen LogP contribution is -2.65. The zero-order valence-electron chi connectivity index (χ0n) is 19.6. The number of piperidine rings is 1. The summed E-state index contributed by atoms with van der Waals surface area (Å²) in [5.74, 6) is 0. The second-order valence-electron chi connectivity index (χ2n) is 9.76. The molecular weight excluding hydrogens is 506 g/mol. The van der Waals surface area contributed by atoms with Crippen LogP contribution in [0.15, 0.2) is 47.5 Å². The van der Waals surface area contributed by atoms with E-state index in [1.807, 2.05) is 6.07 Å². The fraction of sp³-hybridized carbons (Fsp3) is 0.542. The number of benzene rings is 1. The Balaban J connectivity index is 1.54. The van der Waals surface area contributed by atoms with Crippen molar-refractivity contribution in [2.24, 2.45) is 5.41 Å². The molecule has 0 bridgehead atoms. The Hall–Kier alpha value is -3.09. The molecule has 1 aromatic heterocycles. The zero-order valence-corrected chi connectivity index (χ0v) is 19.6. The van der Waals surface area contributed by atoms with E-state index in [0.717, 1.165) is 15.8 Å². The maximum Gasteiger partial charge on any atom is 0.417 e. The number of carbonyl (C=O) groups is 1. The number of hydrogen-bond acceptors (Lipinski definition) is 4. The third-order valence-corrected chi connectivity index (χ3v) is 7.43. The number of halogens is 6. The van der Waals surface area contributed by atoms with E-state index in [1.165, 1.54) is 17.0 Å². The van der Waals surface area contributed by atoms with Crippen molar-refractivity contribution in [1.29, 1.82) is 0 Å². The minimum absolute atomic E-state index is 0.129. The van der Waals surface area contributed by atoms with Gasteiger partial charge in [0.2, 0.25) is 6.04 Å². The molecule has 2 aromatic rings. The number of nitrogens with one attached hydrogen (secondary N) is 1. The number of aromatic nitrogens is 2. The van der Waals surface area contributed by atoms with Crippen LogP contribution in [-0.4, -0.2) is 62.7 Å². The highest BCUT2D eigenvalue weighted by atomic mass is 19.4. The topological polar surface area (TPSA) is 87.5 Å². The normalized spacial score (nSPS) is 22.0. The molecule has 1 atom stereocenters. The second kappa shape index (κ2) is 9.66. The van der Waals surface area contributed by atoms with Gasteiger partial charge in [-0.25, -0.2) is 9.78 Å². The van der Waals surface area contributed by atoms with Crippen molar-refractivity contribution in [3.8, 4) is 11.3 Å². The van der Waals surface area contributed by atoms with Crippen molar-refractivity contribution < 1.29 is 36.2 Å². The number of aliphatic hydroxyl groups is 1. The van der Waals surface area contributed by atoms with Gasteiger partial charge in [0.05, 0.1) is 24.2 Å². The molecule has 2 N–H and O–H groups in total. The molecule has 37 heavy (non-hydrogen) atoms. The summed E-state index contributed by atoms with van der Waals surface area (Å²) in [6, 6.07) is 4.82. The second-order valence-corrected chi connectivity index (χ2v) is 9.76. The van der Waals surface area contributed by atoms with Crippen LogP contribution in [-0.2, 0) is 6.54 Å². The molecule has 2 amide bonds. The number of carbonyl (C=O) groups excluding carboxylic acids is 1. The quantitative estimate of drug-likeness (QED) is 0.581. The van der Waals surface area contributed by atoms with Gasteiger partial charge < -0.3 is 15.3 Å². The molecule has 1 saturated carbocycles. The molecule has 1 spiro atoms. The van der Waals surface area contributed by atoms with Crippen LogP contribution < -0.4 is 10.9 Å². The van der Waals surface area contributed by atoms with Crippen LogP contribution in [0.2, 0.25) is 0 Å². The highest BCUT2D eigenvalue weighted by molar-refractivity contribution is 5.75. The largest absolute Gasteiger partial charge is 0.417 e. The molecule has 0 radical (unpaired) electrons. The molecule has 1 aliphatic carbocycles. The Kier molecular flexibility index (Phi) is 7.04. The van der Waals surface area contributed by atoms with Gasteiger partial charge in [0, 0.05) is 30.1 Å². The van der Waals surface area contributed by atoms with E-state index >= 15 is 0 Å². The van der Waals surface area contributed by atoms with Crippen LogP contribution in [0.25, 0.3) is 11.3 Å².